The number of nitrogens with one attached hydrogen (secondary N) is 1. The summed E-state index contributed by atoms with van der Waals surface area (Å²) in [7, 11) is 0. The molecule has 1 aromatic heterocycles. The van der Waals surface area contributed by atoms with Gasteiger partial charge in [-0.15, -0.1) is 0 Å². The lowest BCUT2D eigenvalue weighted by Gasteiger charge is -2.08. The summed E-state index contributed by atoms with van der Waals surface area (Å²) in [5, 5.41) is 7.40. The molecule has 3 rings (SSSR count). The number of nitrogens with zero attached hydrogens (tertiary/aromatic N) is 2. The number of halogens is 2. The number of aromatic nitrogens is 2. The molecule has 1 amide bonds. The lowest BCUT2D eigenvalue weighted by molar-refractivity contribution is 0.102. The van der Waals surface area contributed by atoms with Gasteiger partial charge in [0.2, 0.25) is 0 Å². The molecule has 0 bridgehead atoms. The molecule has 0 unspecified atom stereocenters. The van der Waals surface area contributed by atoms with Gasteiger partial charge in [0, 0.05) is 4.47 Å². The highest BCUT2D eigenvalue weighted by atomic mass is 79.9. The molecule has 1 N–H and O–H groups in total. The van der Waals surface area contributed by atoms with Crippen molar-refractivity contribution in [3.63, 3.8) is 0 Å². The van der Waals surface area contributed by atoms with E-state index in [2.05, 4.69) is 26.3 Å². The first kappa shape index (κ1) is 17.4. The van der Waals surface area contributed by atoms with Crippen LogP contribution in [-0.2, 0) is 6.54 Å². The fourth-order valence-electron chi connectivity index (χ4n) is 2.67. The monoisotopic (exact) mass is 401 g/mol. The molecule has 4 nitrogen and oxygen atoms in total. The predicted octanol–water partition coefficient (Wildman–Crippen LogP) is 4.70. The molecule has 0 aliphatic rings. The molecule has 0 saturated heterocycles. The van der Waals surface area contributed by atoms with Gasteiger partial charge < -0.3 is 5.32 Å². The number of hydrogen-bond donors (Lipinski definition) is 1. The van der Waals surface area contributed by atoms with E-state index in [1.165, 1.54) is 12.1 Å². The summed E-state index contributed by atoms with van der Waals surface area (Å²) in [5.74, 6) is -0.481. The van der Waals surface area contributed by atoms with E-state index < -0.39 is 0 Å². The molecule has 6 heteroatoms. The van der Waals surface area contributed by atoms with Crippen LogP contribution >= 0.6 is 15.9 Å². The van der Waals surface area contributed by atoms with Gasteiger partial charge in [0.15, 0.2) is 0 Å². The Morgan fingerprint density at radius 3 is 2.68 bits per heavy atom. The molecular formula is C19H17BrFN3O. The van der Waals surface area contributed by atoms with Crippen molar-refractivity contribution < 1.29 is 9.18 Å². The van der Waals surface area contributed by atoms with E-state index >= 15 is 0 Å². The number of benzene rings is 2. The number of carbonyl (C=O) groups excluding carboxylic acids is 1. The fraction of sp³-hybridized carbons (Fsp3) is 0.158. The van der Waals surface area contributed by atoms with Gasteiger partial charge in [0.05, 0.1) is 29.2 Å². The molecule has 0 aliphatic heterocycles. The minimum absolute atomic E-state index is 0.205. The third-order valence-electron chi connectivity index (χ3n) is 3.96. The van der Waals surface area contributed by atoms with E-state index in [1.807, 2.05) is 38.1 Å². The van der Waals surface area contributed by atoms with Gasteiger partial charge in [-0.1, -0.05) is 24.3 Å². The third kappa shape index (κ3) is 3.79. The highest BCUT2D eigenvalue weighted by molar-refractivity contribution is 9.10. The molecule has 128 valence electrons. The van der Waals surface area contributed by atoms with Crippen LogP contribution in [0.2, 0.25) is 0 Å². The van der Waals surface area contributed by atoms with Gasteiger partial charge in [0.25, 0.3) is 5.91 Å². The van der Waals surface area contributed by atoms with Crippen molar-refractivity contribution in [2.45, 2.75) is 20.4 Å². The number of anilines is 1. The van der Waals surface area contributed by atoms with Crippen molar-refractivity contribution in [1.82, 2.24) is 9.78 Å². The van der Waals surface area contributed by atoms with E-state index in [0.717, 1.165) is 15.7 Å². The zero-order chi connectivity index (χ0) is 18.0. The van der Waals surface area contributed by atoms with Crippen LogP contribution in [0.15, 0.2) is 53.0 Å². The van der Waals surface area contributed by atoms with Crippen molar-refractivity contribution in [2.75, 3.05) is 5.32 Å². The molecule has 0 atom stereocenters. The number of aryl methyl sites for hydroxylation is 1. The van der Waals surface area contributed by atoms with Gasteiger partial charge in [-0.05, 0) is 59.6 Å². The Bertz CT molecular complexity index is 936. The van der Waals surface area contributed by atoms with Crippen molar-refractivity contribution in [1.29, 1.82) is 0 Å². The first-order valence-corrected chi connectivity index (χ1v) is 8.59. The normalized spacial score (nSPS) is 10.7. The van der Waals surface area contributed by atoms with Crippen LogP contribution in [0.4, 0.5) is 10.1 Å². The Balaban J connectivity index is 1.85. The van der Waals surface area contributed by atoms with E-state index in [9.17, 15) is 9.18 Å². The van der Waals surface area contributed by atoms with E-state index in [0.29, 0.717) is 23.5 Å². The molecule has 3 aromatic rings. The second-order valence-electron chi connectivity index (χ2n) is 5.77. The summed E-state index contributed by atoms with van der Waals surface area (Å²) in [6.07, 6.45) is 0. The van der Waals surface area contributed by atoms with Gasteiger partial charge in [-0.2, -0.15) is 5.10 Å². The summed E-state index contributed by atoms with van der Waals surface area (Å²) >= 11 is 3.39. The molecular weight excluding hydrogens is 385 g/mol. The summed E-state index contributed by atoms with van der Waals surface area (Å²) in [6, 6.07) is 13.7. The Morgan fingerprint density at radius 1 is 1.20 bits per heavy atom. The smallest absolute Gasteiger partial charge is 0.256 e. The molecule has 1 heterocycles. The molecule has 2 aromatic carbocycles. The molecule has 0 radical (unpaired) electrons. The maximum atomic E-state index is 13.4. The maximum absolute atomic E-state index is 13.4. The molecule has 25 heavy (non-hydrogen) atoms. The van der Waals surface area contributed by atoms with Crippen LogP contribution in [0, 0.1) is 19.7 Å². The molecule has 0 spiro atoms. The average Bonchev–Trinajstić information content (AvgIpc) is 2.83. The van der Waals surface area contributed by atoms with Crippen LogP contribution in [0.5, 0.6) is 0 Å². The SMILES string of the molecule is Cc1nn(Cc2cccc(F)c2)c(C)c1NC(=O)c1ccccc1Br. The molecule has 0 saturated carbocycles. The highest BCUT2D eigenvalue weighted by Gasteiger charge is 2.16. The lowest BCUT2D eigenvalue weighted by Crippen LogP contribution is -2.14. The van der Waals surface area contributed by atoms with Crippen molar-refractivity contribution in [2.24, 2.45) is 0 Å². The van der Waals surface area contributed by atoms with Crippen molar-refractivity contribution in [3.8, 4) is 0 Å². The van der Waals surface area contributed by atoms with E-state index in [4.69, 9.17) is 0 Å². The van der Waals surface area contributed by atoms with E-state index in [-0.39, 0.29) is 11.7 Å². The first-order chi connectivity index (χ1) is 12.0. The zero-order valence-electron chi connectivity index (χ0n) is 13.9. The zero-order valence-corrected chi connectivity index (χ0v) is 15.5. The van der Waals surface area contributed by atoms with E-state index in [1.54, 1.807) is 16.8 Å². The molecule has 0 aliphatic carbocycles. The van der Waals surface area contributed by atoms with Crippen LogP contribution in [0.1, 0.15) is 27.3 Å². The Labute approximate surface area is 153 Å². The largest absolute Gasteiger partial charge is 0.319 e. The Hall–Kier alpha value is -2.47. The fourth-order valence-corrected chi connectivity index (χ4v) is 3.13. The second kappa shape index (κ2) is 7.19. The van der Waals surface area contributed by atoms with Crippen LogP contribution in [0.25, 0.3) is 0 Å². The minimum Gasteiger partial charge on any atom is -0.319 e. The highest BCUT2D eigenvalue weighted by Crippen LogP contribution is 2.23. The standard InChI is InChI=1S/C19H17BrFN3O/c1-12-18(22-19(25)16-8-3-4-9-17(16)20)13(2)24(23-12)11-14-6-5-7-15(21)10-14/h3-10H,11H2,1-2H3,(H,22,25). The van der Waals surface area contributed by atoms with Crippen LogP contribution in [0.3, 0.4) is 0 Å². The number of rotatable bonds is 4. The van der Waals surface area contributed by atoms with Gasteiger partial charge in [0.1, 0.15) is 5.82 Å². The molecule has 0 fully saturated rings. The Kier molecular flexibility index (Phi) is 4.99. The number of amides is 1. The maximum Gasteiger partial charge on any atom is 0.256 e. The van der Waals surface area contributed by atoms with Gasteiger partial charge in [-0.3, -0.25) is 9.48 Å². The summed E-state index contributed by atoms with van der Waals surface area (Å²) < 4.78 is 15.9. The topological polar surface area (TPSA) is 46.9 Å². The van der Waals surface area contributed by atoms with Gasteiger partial charge in [-0.25, -0.2) is 4.39 Å². The number of carbonyl (C=O) groups is 1. The third-order valence-corrected chi connectivity index (χ3v) is 4.65. The summed E-state index contributed by atoms with van der Waals surface area (Å²) in [5.41, 5.74) is 3.59. The van der Waals surface area contributed by atoms with Crippen molar-refractivity contribution in [3.05, 3.63) is 81.3 Å². The summed E-state index contributed by atoms with van der Waals surface area (Å²) in [4.78, 5) is 12.5. The lowest BCUT2D eigenvalue weighted by atomic mass is 10.2. The Morgan fingerprint density at radius 2 is 1.96 bits per heavy atom. The number of hydrogen-bond acceptors (Lipinski definition) is 2. The first-order valence-electron chi connectivity index (χ1n) is 7.80. The minimum atomic E-state index is -0.276. The average molecular weight is 402 g/mol. The van der Waals surface area contributed by atoms with Crippen LogP contribution < -0.4 is 5.32 Å². The van der Waals surface area contributed by atoms with Crippen molar-refractivity contribution >= 4 is 27.5 Å². The predicted molar refractivity (Wildman–Crippen MR) is 99.3 cm³/mol. The van der Waals surface area contributed by atoms with Gasteiger partial charge >= 0.3 is 0 Å². The quantitative estimate of drug-likeness (QED) is 0.688. The summed E-state index contributed by atoms with van der Waals surface area (Å²) in [6.45, 7) is 4.16. The second-order valence-corrected chi connectivity index (χ2v) is 6.62. The van der Waals surface area contributed by atoms with Crippen LogP contribution in [-0.4, -0.2) is 15.7 Å².